The lowest BCUT2D eigenvalue weighted by Gasteiger charge is -2.36. The van der Waals surface area contributed by atoms with Crippen molar-refractivity contribution in [3.05, 3.63) is 51.7 Å². The number of fused-ring (bicyclic) bond motifs is 1. The molecule has 3 heterocycles. The molecule has 1 N–H and O–H groups in total. The number of aryl methyl sites for hydroxylation is 1. The maximum absolute atomic E-state index is 12.9. The van der Waals surface area contributed by atoms with E-state index in [2.05, 4.69) is 29.8 Å². The van der Waals surface area contributed by atoms with E-state index in [9.17, 15) is 4.79 Å². The van der Waals surface area contributed by atoms with Crippen LogP contribution in [-0.4, -0.2) is 49.8 Å². The fraction of sp³-hybridized carbons (Fsp3) is 0.500. The Kier molecular flexibility index (Phi) is 6.29. The number of carbonyl (C=O) groups excluding carboxylic acids is 1. The Bertz CT molecular complexity index is 801. The lowest BCUT2D eigenvalue weighted by atomic mass is 10.0. The van der Waals surface area contributed by atoms with E-state index in [0.717, 1.165) is 44.7 Å². The van der Waals surface area contributed by atoms with E-state index in [4.69, 9.17) is 9.47 Å². The van der Waals surface area contributed by atoms with Crippen LogP contribution in [0.25, 0.3) is 0 Å². The third-order valence-electron chi connectivity index (χ3n) is 5.48. The Labute approximate surface area is 170 Å². The summed E-state index contributed by atoms with van der Waals surface area (Å²) in [5.41, 5.74) is 2.40. The Morgan fingerprint density at radius 2 is 2.32 bits per heavy atom. The minimum Gasteiger partial charge on any atom is -0.491 e. The van der Waals surface area contributed by atoms with E-state index in [1.165, 1.54) is 16.0 Å². The number of amides is 1. The summed E-state index contributed by atoms with van der Waals surface area (Å²) in [7, 11) is 0. The van der Waals surface area contributed by atoms with Crippen LogP contribution in [0.3, 0.4) is 0 Å². The van der Waals surface area contributed by atoms with Gasteiger partial charge in [0.25, 0.3) is 0 Å². The van der Waals surface area contributed by atoms with Gasteiger partial charge in [-0.1, -0.05) is 12.1 Å². The molecule has 2 atom stereocenters. The Hall–Kier alpha value is -1.89. The number of hydrogen-bond donors (Lipinski definition) is 1. The summed E-state index contributed by atoms with van der Waals surface area (Å²) in [6.07, 6.45) is 3.37. The molecule has 0 bridgehead atoms. The molecule has 2 aromatic rings. The topological polar surface area (TPSA) is 50.8 Å². The molecule has 1 aromatic heterocycles. The molecular weight excluding hydrogens is 372 g/mol. The van der Waals surface area contributed by atoms with Crippen molar-refractivity contribution < 1.29 is 14.3 Å². The quantitative estimate of drug-likeness (QED) is 0.775. The third kappa shape index (κ3) is 4.57. The molecule has 0 aliphatic carbocycles. The summed E-state index contributed by atoms with van der Waals surface area (Å²) in [6.45, 7) is 5.21. The van der Waals surface area contributed by atoms with E-state index >= 15 is 0 Å². The number of rotatable bonds is 7. The molecule has 1 amide bonds. The van der Waals surface area contributed by atoms with Crippen LogP contribution < -0.4 is 10.1 Å². The molecule has 1 saturated heterocycles. The van der Waals surface area contributed by atoms with Crippen LogP contribution in [0.4, 0.5) is 0 Å². The van der Waals surface area contributed by atoms with Crippen LogP contribution in [0.15, 0.2) is 35.7 Å². The maximum atomic E-state index is 12.9. The SMILES string of the molecule is Cc1cccc(OCC2c3ccsc3CCN2C(=O)CNCC2CCCO2)c1. The standard InChI is InChI=1S/C22H28N2O3S/c1-16-4-2-5-17(12-16)27-15-20-19-8-11-28-21(19)7-9-24(20)22(25)14-23-13-18-6-3-10-26-18/h2,4-5,8,11-12,18,20,23H,3,6-7,9-10,13-15H2,1H3. The van der Waals surface area contributed by atoms with Crippen LogP contribution in [0.1, 0.15) is 34.9 Å². The molecule has 1 aromatic carbocycles. The van der Waals surface area contributed by atoms with E-state index in [1.807, 2.05) is 23.1 Å². The van der Waals surface area contributed by atoms with Gasteiger partial charge in [0.1, 0.15) is 12.4 Å². The van der Waals surface area contributed by atoms with E-state index < -0.39 is 0 Å². The first kappa shape index (κ1) is 19.4. The van der Waals surface area contributed by atoms with Gasteiger partial charge in [0, 0.05) is 24.6 Å². The summed E-state index contributed by atoms with van der Waals surface area (Å²) in [5, 5.41) is 5.41. The van der Waals surface area contributed by atoms with Crippen molar-refractivity contribution in [1.82, 2.24) is 10.2 Å². The average Bonchev–Trinajstić information content (AvgIpc) is 3.37. The molecule has 0 saturated carbocycles. The predicted molar refractivity (Wildman–Crippen MR) is 111 cm³/mol. The van der Waals surface area contributed by atoms with E-state index in [1.54, 1.807) is 11.3 Å². The highest BCUT2D eigenvalue weighted by Gasteiger charge is 2.32. The summed E-state index contributed by atoms with van der Waals surface area (Å²) < 4.78 is 11.7. The molecule has 0 radical (unpaired) electrons. The van der Waals surface area contributed by atoms with Crippen molar-refractivity contribution in [2.75, 3.05) is 32.8 Å². The molecule has 2 aliphatic rings. The van der Waals surface area contributed by atoms with Gasteiger partial charge in [0.15, 0.2) is 0 Å². The van der Waals surface area contributed by atoms with Crippen molar-refractivity contribution in [3.8, 4) is 5.75 Å². The van der Waals surface area contributed by atoms with Crippen molar-refractivity contribution >= 4 is 17.2 Å². The predicted octanol–water partition coefficient (Wildman–Crippen LogP) is 3.33. The second-order valence-corrected chi connectivity index (χ2v) is 8.55. The van der Waals surface area contributed by atoms with Gasteiger partial charge >= 0.3 is 0 Å². The zero-order chi connectivity index (χ0) is 19.3. The third-order valence-corrected chi connectivity index (χ3v) is 6.48. The normalized spacial score (nSPS) is 21.5. The summed E-state index contributed by atoms with van der Waals surface area (Å²) >= 11 is 1.78. The van der Waals surface area contributed by atoms with Gasteiger partial charge in [0.05, 0.1) is 18.7 Å². The molecule has 2 aliphatic heterocycles. The molecule has 150 valence electrons. The number of hydrogen-bond acceptors (Lipinski definition) is 5. The van der Waals surface area contributed by atoms with Crippen LogP contribution in [0.5, 0.6) is 5.75 Å². The van der Waals surface area contributed by atoms with Crippen LogP contribution in [0.2, 0.25) is 0 Å². The second kappa shape index (κ2) is 9.07. The number of thiophene rings is 1. The van der Waals surface area contributed by atoms with E-state index in [-0.39, 0.29) is 18.1 Å². The van der Waals surface area contributed by atoms with Crippen molar-refractivity contribution in [3.63, 3.8) is 0 Å². The molecule has 5 nitrogen and oxygen atoms in total. The fourth-order valence-corrected chi connectivity index (χ4v) is 4.93. The maximum Gasteiger partial charge on any atom is 0.237 e. The van der Waals surface area contributed by atoms with Gasteiger partial charge in [-0.25, -0.2) is 0 Å². The highest BCUT2D eigenvalue weighted by molar-refractivity contribution is 7.10. The number of benzene rings is 1. The molecule has 28 heavy (non-hydrogen) atoms. The van der Waals surface area contributed by atoms with Gasteiger partial charge in [-0.05, 0) is 60.9 Å². The Balaban J connectivity index is 1.40. The lowest BCUT2D eigenvalue weighted by Crippen LogP contribution is -2.46. The minimum absolute atomic E-state index is 0.0347. The van der Waals surface area contributed by atoms with Gasteiger partial charge in [0.2, 0.25) is 5.91 Å². The Morgan fingerprint density at radius 1 is 1.39 bits per heavy atom. The first-order valence-electron chi connectivity index (χ1n) is 10.1. The zero-order valence-corrected chi connectivity index (χ0v) is 17.2. The number of ether oxygens (including phenoxy) is 2. The van der Waals surface area contributed by atoms with Crippen molar-refractivity contribution in [2.24, 2.45) is 0 Å². The van der Waals surface area contributed by atoms with Crippen LogP contribution in [-0.2, 0) is 16.0 Å². The number of carbonyl (C=O) groups is 1. The van der Waals surface area contributed by atoms with E-state index in [0.29, 0.717) is 13.2 Å². The summed E-state index contributed by atoms with van der Waals surface area (Å²) in [6, 6.07) is 10.2. The molecule has 4 rings (SSSR count). The monoisotopic (exact) mass is 400 g/mol. The molecular formula is C22H28N2O3S. The molecule has 0 spiro atoms. The largest absolute Gasteiger partial charge is 0.491 e. The average molecular weight is 401 g/mol. The zero-order valence-electron chi connectivity index (χ0n) is 16.4. The first-order valence-corrected chi connectivity index (χ1v) is 11.0. The fourth-order valence-electron chi connectivity index (χ4n) is 4.00. The van der Waals surface area contributed by atoms with Crippen LogP contribution in [0, 0.1) is 6.92 Å². The van der Waals surface area contributed by atoms with Gasteiger partial charge in [-0.2, -0.15) is 0 Å². The van der Waals surface area contributed by atoms with Gasteiger partial charge < -0.3 is 19.7 Å². The smallest absolute Gasteiger partial charge is 0.237 e. The van der Waals surface area contributed by atoms with Crippen molar-refractivity contribution in [1.29, 1.82) is 0 Å². The second-order valence-electron chi connectivity index (χ2n) is 7.55. The molecule has 1 fully saturated rings. The summed E-state index contributed by atoms with van der Waals surface area (Å²) in [4.78, 5) is 16.3. The van der Waals surface area contributed by atoms with Crippen LogP contribution >= 0.6 is 11.3 Å². The molecule has 2 unspecified atom stereocenters. The molecule has 6 heteroatoms. The van der Waals surface area contributed by atoms with Crippen molar-refractivity contribution in [2.45, 2.75) is 38.3 Å². The number of nitrogens with one attached hydrogen (secondary N) is 1. The number of nitrogens with zero attached hydrogens (tertiary/aromatic N) is 1. The van der Waals surface area contributed by atoms with Gasteiger partial charge in [-0.3, -0.25) is 4.79 Å². The lowest BCUT2D eigenvalue weighted by molar-refractivity contribution is -0.134. The first-order chi connectivity index (χ1) is 13.7. The highest BCUT2D eigenvalue weighted by Crippen LogP contribution is 2.34. The van der Waals surface area contributed by atoms with Gasteiger partial charge in [-0.15, -0.1) is 11.3 Å². The minimum atomic E-state index is -0.0347. The Morgan fingerprint density at radius 3 is 3.14 bits per heavy atom. The summed E-state index contributed by atoms with van der Waals surface area (Å²) in [5.74, 6) is 0.985. The highest BCUT2D eigenvalue weighted by atomic mass is 32.1.